The topological polar surface area (TPSA) is 86.7 Å². The van der Waals surface area contributed by atoms with Crippen molar-refractivity contribution in [3.05, 3.63) is 12.2 Å². The number of carboxylic acids is 1. The second-order valence-corrected chi connectivity index (χ2v) is 3.79. The monoisotopic (exact) mass is 240 g/mol. The van der Waals surface area contributed by atoms with Crippen molar-refractivity contribution in [3.63, 3.8) is 0 Å². The van der Waals surface area contributed by atoms with Gasteiger partial charge < -0.3 is 10.4 Å². The number of carbonyl (C=O) groups excluding carboxylic acids is 2. The summed E-state index contributed by atoms with van der Waals surface area (Å²) in [6.07, 6.45) is 4.97. The average Bonchev–Trinajstić information content (AvgIpc) is 2.58. The van der Waals surface area contributed by atoms with Gasteiger partial charge in [0.1, 0.15) is 0 Å². The zero-order chi connectivity index (χ0) is 12.7. The summed E-state index contributed by atoms with van der Waals surface area (Å²) in [7, 11) is 0. The third kappa shape index (κ3) is 4.78. The molecule has 0 aliphatic carbocycles. The number of hydrogen-bond acceptors (Lipinski definition) is 4. The van der Waals surface area contributed by atoms with Crippen LogP contribution in [0.25, 0.3) is 0 Å². The highest BCUT2D eigenvalue weighted by Crippen LogP contribution is 2.06. The van der Waals surface area contributed by atoms with Crippen LogP contribution in [0.15, 0.2) is 12.2 Å². The van der Waals surface area contributed by atoms with Gasteiger partial charge in [-0.3, -0.25) is 19.3 Å². The van der Waals surface area contributed by atoms with Gasteiger partial charge in [0.25, 0.3) is 11.8 Å². The van der Waals surface area contributed by atoms with Gasteiger partial charge in [-0.05, 0) is 19.4 Å². The summed E-state index contributed by atoms with van der Waals surface area (Å²) in [6.45, 7) is 1.03. The maximum absolute atomic E-state index is 11.2. The Bertz CT molecular complexity index is 320. The molecule has 0 aromatic rings. The van der Waals surface area contributed by atoms with Gasteiger partial charge in [0.15, 0.2) is 0 Å². The molecule has 17 heavy (non-hydrogen) atoms. The lowest BCUT2D eigenvalue weighted by Crippen LogP contribution is -2.31. The van der Waals surface area contributed by atoms with Crippen molar-refractivity contribution in [1.29, 1.82) is 0 Å². The summed E-state index contributed by atoms with van der Waals surface area (Å²) in [6, 6.07) is 0. The van der Waals surface area contributed by atoms with Crippen LogP contribution in [0.5, 0.6) is 0 Å². The Kier molecular flexibility index (Phi) is 5.35. The highest BCUT2D eigenvalue weighted by molar-refractivity contribution is 6.12. The first-order valence-electron chi connectivity index (χ1n) is 5.57. The fourth-order valence-electron chi connectivity index (χ4n) is 1.54. The van der Waals surface area contributed by atoms with Gasteiger partial charge in [-0.25, -0.2) is 0 Å². The van der Waals surface area contributed by atoms with Crippen LogP contribution in [-0.4, -0.2) is 47.4 Å². The number of rotatable bonds is 8. The van der Waals surface area contributed by atoms with Crippen LogP contribution in [0.1, 0.15) is 19.3 Å². The molecule has 0 bridgehead atoms. The molecule has 1 aliphatic heterocycles. The summed E-state index contributed by atoms with van der Waals surface area (Å²) in [5, 5.41) is 11.1. The number of imide groups is 1. The van der Waals surface area contributed by atoms with Gasteiger partial charge in [-0.15, -0.1) is 0 Å². The van der Waals surface area contributed by atoms with Crippen LogP contribution in [0.4, 0.5) is 0 Å². The number of hydrogen-bond donors (Lipinski definition) is 2. The van der Waals surface area contributed by atoms with Gasteiger partial charge >= 0.3 is 5.97 Å². The largest absolute Gasteiger partial charge is 0.480 e. The highest BCUT2D eigenvalue weighted by atomic mass is 16.4. The summed E-state index contributed by atoms with van der Waals surface area (Å²) in [4.78, 5) is 33.7. The lowest BCUT2D eigenvalue weighted by atomic mass is 10.2. The minimum atomic E-state index is -0.871. The van der Waals surface area contributed by atoms with Crippen molar-refractivity contribution in [2.75, 3.05) is 19.6 Å². The van der Waals surface area contributed by atoms with E-state index in [1.165, 1.54) is 17.1 Å². The lowest BCUT2D eigenvalue weighted by molar-refractivity contribution is -0.137. The molecule has 0 unspecified atom stereocenters. The Hall–Kier alpha value is -1.69. The summed E-state index contributed by atoms with van der Waals surface area (Å²) in [5.41, 5.74) is 0. The third-order valence-corrected chi connectivity index (χ3v) is 2.41. The van der Waals surface area contributed by atoms with Crippen LogP contribution in [0.2, 0.25) is 0 Å². The molecular weight excluding hydrogens is 224 g/mol. The van der Waals surface area contributed by atoms with E-state index in [-0.39, 0.29) is 18.4 Å². The van der Waals surface area contributed by atoms with Gasteiger partial charge in [0.05, 0.1) is 6.54 Å². The van der Waals surface area contributed by atoms with E-state index in [1.54, 1.807) is 0 Å². The first-order valence-corrected chi connectivity index (χ1v) is 5.57. The molecule has 0 radical (unpaired) electrons. The number of nitrogens with zero attached hydrogens (tertiary/aromatic N) is 1. The minimum Gasteiger partial charge on any atom is -0.480 e. The second-order valence-electron chi connectivity index (χ2n) is 3.79. The smallest absolute Gasteiger partial charge is 0.317 e. The van der Waals surface area contributed by atoms with E-state index in [0.717, 1.165) is 19.3 Å². The molecule has 0 aromatic heterocycles. The van der Waals surface area contributed by atoms with Gasteiger partial charge in [0.2, 0.25) is 0 Å². The number of nitrogens with one attached hydrogen (secondary N) is 1. The van der Waals surface area contributed by atoms with Crippen LogP contribution >= 0.6 is 0 Å². The molecule has 2 N–H and O–H groups in total. The molecule has 0 saturated carbocycles. The van der Waals surface area contributed by atoms with E-state index < -0.39 is 5.97 Å². The maximum atomic E-state index is 11.2. The summed E-state index contributed by atoms with van der Waals surface area (Å²) >= 11 is 0. The number of aliphatic carboxylic acids is 1. The minimum absolute atomic E-state index is 0.0347. The van der Waals surface area contributed by atoms with Crippen molar-refractivity contribution in [2.45, 2.75) is 19.3 Å². The molecule has 0 saturated heterocycles. The molecule has 1 heterocycles. The third-order valence-electron chi connectivity index (χ3n) is 2.41. The Labute approximate surface area is 99.3 Å². The van der Waals surface area contributed by atoms with E-state index in [4.69, 9.17) is 5.11 Å². The molecule has 6 nitrogen and oxygen atoms in total. The zero-order valence-electron chi connectivity index (χ0n) is 9.52. The van der Waals surface area contributed by atoms with Gasteiger partial charge in [-0.1, -0.05) is 6.42 Å². The van der Waals surface area contributed by atoms with Crippen molar-refractivity contribution in [2.24, 2.45) is 0 Å². The Morgan fingerprint density at radius 2 is 1.82 bits per heavy atom. The first-order chi connectivity index (χ1) is 8.11. The molecule has 0 atom stereocenters. The maximum Gasteiger partial charge on any atom is 0.317 e. The summed E-state index contributed by atoms with van der Waals surface area (Å²) in [5.74, 6) is -1.37. The fourth-order valence-corrected chi connectivity index (χ4v) is 1.54. The SMILES string of the molecule is O=C(O)CNCCCCCN1C(=O)C=CC1=O. The number of carbonyl (C=O) groups is 3. The molecule has 1 aliphatic rings. The van der Waals surface area contributed by atoms with Crippen molar-refractivity contribution >= 4 is 17.8 Å². The van der Waals surface area contributed by atoms with Gasteiger partial charge in [0, 0.05) is 18.7 Å². The lowest BCUT2D eigenvalue weighted by Gasteiger charge is -2.13. The molecule has 94 valence electrons. The number of carboxylic acid groups (broad SMARTS) is 1. The molecule has 6 heteroatoms. The molecular formula is C11H16N2O4. The predicted molar refractivity (Wildman–Crippen MR) is 60.2 cm³/mol. The standard InChI is InChI=1S/C11H16N2O4/c14-9-4-5-10(15)13(9)7-3-1-2-6-12-8-11(16)17/h4-5,12H,1-3,6-8H2,(H,16,17). The van der Waals surface area contributed by atoms with E-state index in [1.807, 2.05) is 0 Å². The van der Waals surface area contributed by atoms with Crippen molar-refractivity contribution < 1.29 is 19.5 Å². The molecule has 1 rings (SSSR count). The van der Waals surface area contributed by atoms with Crippen LogP contribution in [0, 0.1) is 0 Å². The van der Waals surface area contributed by atoms with E-state index in [9.17, 15) is 14.4 Å². The second kappa shape index (κ2) is 6.80. The molecule has 0 spiro atoms. The van der Waals surface area contributed by atoms with E-state index in [2.05, 4.69) is 5.32 Å². The Morgan fingerprint density at radius 1 is 1.18 bits per heavy atom. The molecule has 0 fully saturated rings. The van der Waals surface area contributed by atoms with Crippen molar-refractivity contribution in [1.82, 2.24) is 10.2 Å². The molecule has 2 amide bonds. The van der Waals surface area contributed by atoms with Crippen molar-refractivity contribution in [3.8, 4) is 0 Å². The highest BCUT2D eigenvalue weighted by Gasteiger charge is 2.21. The van der Waals surface area contributed by atoms with E-state index in [0.29, 0.717) is 13.1 Å². The van der Waals surface area contributed by atoms with Crippen LogP contribution < -0.4 is 5.32 Å². The van der Waals surface area contributed by atoms with E-state index >= 15 is 0 Å². The molecule has 0 aromatic carbocycles. The summed E-state index contributed by atoms with van der Waals surface area (Å²) < 4.78 is 0. The first kappa shape index (κ1) is 13.4. The Balaban J connectivity index is 1.99. The number of amides is 2. The van der Waals surface area contributed by atoms with Gasteiger partial charge in [-0.2, -0.15) is 0 Å². The van der Waals surface area contributed by atoms with Crippen LogP contribution in [-0.2, 0) is 14.4 Å². The zero-order valence-corrected chi connectivity index (χ0v) is 9.52. The normalized spacial score (nSPS) is 14.7. The fraction of sp³-hybridized carbons (Fsp3) is 0.545. The average molecular weight is 240 g/mol. The number of unbranched alkanes of at least 4 members (excludes halogenated alkanes) is 2. The predicted octanol–water partition coefficient (Wildman–Crippen LogP) is -0.244. The van der Waals surface area contributed by atoms with Crippen LogP contribution in [0.3, 0.4) is 0 Å². The quantitative estimate of drug-likeness (QED) is 0.451. The Morgan fingerprint density at radius 3 is 2.41 bits per heavy atom.